The molecule has 13 heteroatoms. The predicted molar refractivity (Wildman–Crippen MR) is 153 cm³/mol. The summed E-state index contributed by atoms with van der Waals surface area (Å²) in [5.74, 6) is -1.89. The minimum Gasteiger partial charge on any atom is -0.383 e. The Morgan fingerprint density at radius 3 is 2.34 bits per heavy atom. The van der Waals surface area contributed by atoms with E-state index in [1.165, 1.54) is 12.3 Å². The van der Waals surface area contributed by atoms with Crippen molar-refractivity contribution in [3.63, 3.8) is 0 Å². The van der Waals surface area contributed by atoms with Gasteiger partial charge in [-0.05, 0) is 60.2 Å². The Hall–Kier alpha value is -4.75. The largest absolute Gasteiger partial charge is 0.383 e. The van der Waals surface area contributed by atoms with Crippen LogP contribution in [0, 0.1) is 11.6 Å². The molecule has 5 N–H and O–H groups in total. The third kappa shape index (κ3) is 5.12. The van der Waals surface area contributed by atoms with E-state index in [0.717, 1.165) is 36.6 Å². The van der Waals surface area contributed by atoms with Crippen molar-refractivity contribution >= 4 is 44.2 Å². The standard InChI is InChI=1S/C28H25F2N7O3S/c29-19-2-8-23(22(30)15-19)35-41(38,39)26-14-18(16-33-27(26)31)17-1-7-24-25(13-17)37(28(32)34-24)21-5-3-20(4-6-21)36-9-11-40-12-10-36/h1-8,13-16,35H,9-12H2,(H2,31,33)(H2,32,34). The third-order valence-corrected chi connectivity index (χ3v) is 8.24. The molecule has 2 aromatic heterocycles. The fourth-order valence-corrected chi connectivity index (χ4v) is 5.95. The van der Waals surface area contributed by atoms with E-state index in [-0.39, 0.29) is 10.7 Å². The van der Waals surface area contributed by atoms with Crippen LogP contribution >= 0.6 is 0 Å². The van der Waals surface area contributed by atoms with Gasteiger partial charge in [-0.2, -0.15) is 0 Å². The van der Waals surface area contributed by atoms with Gasteiger partial charge in [0.15, 0.2) is 0 Å². The second-order valence-corrected chi connectivity index (χ2v) is 11.1. The van der Waals surface area contributed by atoms with E-state index in [2.05, 4.69) is 19.6 Å². The number of aromatic nitrogens is 3. The van der Waals surface area contributed by atoms with Gasteiger partial charge in [0.25, 0.3) is 10.0 Å². The molecule has 3 heterocycles. The fraction of sp³-hybridized carbons (Fsp3) is 0.143. The average Bonchev–Trinajstić information content (AvgIpc) is 3.30. The maximum atomic E-state index is 14.1. The number of halogens is 2. The number of nitrogens with one attached hydrogen (secondary N) is 1. The second-order valence-electron chi connectivity index (χ2n) is 9.46. The first-order chi connectivity index (χ1) is 19.7. The first kappa shape index (κ1) is 26.5. The molecule has 1 aliphatic rings. The number of anilines is 4. The van der Waals surface area contributed by atoms with Crippen LogP contribution in [0.1, 0.15) is 0 Å². The highest BCUT2D eigenvalue weighted by Gasteiger charge is 2.22. The van der Waals surface area contributed by atoms with Gasteiger partial charge in [-0.25, -0.2) is 27.2 Å². The van der Waals surface area contributed by atoms with E-state index < -0.39 is 27.3 Å². The number of fused-ring (bicyclic) bond motifs is 1. The lowest BCUT2D eigenvalue weighted by Crippen LogP contribution is -2.36. The van der Waals surface area contributed by atoms with Crippen LogP contribution in [0.3, 0.4) is 0 Å². The molecule has 210 valence electrons. The summed E-state index contributed by atoms with van der Waals surface area (Å²) in [6.07, 6.45) is 1.44. The van der Waals surface area contributed by atoms with Gasteiger partial charge in [0.2, 0.25) is 5.95 Å². The van der Waals surface area contributed by atoms with E-state index in [0.29, 0.717) is 47.4 Å². The summed E-state index contributed by atoms with van der Waals surface area (Å²) in [6, 6.07) is 17.2. The van der Waals surface area contributed by atoms with Crippen molar-refractivity contribution in [3.8, 4) is 16.8 Å². The molecule has 0 spiro atoms. The van der Waals surface area contributed by atoms with Crippen molar-refractivity contribution in [2.45, 2.75) is 4.90 Å². The highest BCUT2D eigenvalue weighted by molar-refractivity contribution is 7.92. The number of sulfonamides is 1. The molecule has 0 amide bonds. The molecular weight excluding hydrogens is 552 g/mol. The maximum absolute atomic E-state index is 14.1. The Morgan fingerprint density at radius 2 is 1.61 bits per heavy atom. The van der Waals surface area contributed by atoms with Crippen LogP contribution in [-0.2, 0) is 14.8 Å². The Bertz CT molecular complexity index is 1870. The number of nitrogen functional groups attached to an aromatic ring is 2. The first-order valence-electron chi connectivity index (χ1n) is 12.6. The molecule has 0 radical (unpaired) electrons. The molecule has 0 unspecified atom stereocenters. The lowest BCUT2D eigenvalue weighted by atomic mass is 10.1. The number of rotatable bonds is 6. The van der Waals surface area contributed by atoms with Gasteiger partial charge in [-0.3, -0.25) is 9.29 Å². The number of morpholine rings is 1. The van der Waals surface area contributed by atoms with Crippen molar-refractivity contribution in [1.82, 2.24) is 14.5 Å². The number of ether oxygens (including phenoxy) is 1. The predicted octanol–water partition coefficient (Wildman–Crippen LogP) is 4.17. The molecule has 0 saturated carbocycles. The maximum Gasteiger partial charge on any atom is 0.265 e. The number of nitrogens with zero attached hydrogens (tertiary/aromatic N) is 4. The van der Waals surface area contributed by atoms with Crippen molar-refractivity contribution in [3.05, 3.63) is 84.6 Å². The van der Waals surface area contributed by atoms with Crippen LogP contribution in [0.15, 0.2) is 77.8 Å². The SMILES string of the molecule is Nc1ncc(-c2ccc3nc(N)n(-c4ccc(N5CCOCC5)cc4)c3c2)cc1S(=O)(=O)Nc1ccc(F)cc1F. The Labute approximate surface area is 234 Å². The minimum absolute atomic E-state index is 0.278. The van der Waals surface area contributed by atoms with Crippen LogP contribution < -0.4 is 21.1 Å². The smallest absolute Gasteiger partial charge is 0.265 e. The average molecular weight is 578 g/mol. The van der Waals surface area contributed by atoms with E-state index in [1.807, 2.05) is 34.9 Å². The van der Waals surface area contributed by atoms with Crippen LogP contribution in [-0.4, -0.2) is 49.3 Å². The van der Waals surface area contributed by atoms with Gasteiger partial charge >= 0.3 is 0 Å². The van der Waals surface area contributed by atoms with Crippen LogP contribution in [0.5, 0.6) is 0 Å². The number of benzene rings is 3. The molecule has 5 aromatic rings. The van der Waals surface area contributed by atoms with Crippen molar-refractivity contribution in [2.24, 2.45) is 0 Å². The van der Waals surface area contributed by atoms with Crippen LogP contribution in [0.2, 0.25) is 0 Å². The molecular formula is C28H25F2N7O3S. The Balaban J connectivity index is 1.35. The van der Waals surface area contributed by atoms with Gasteiger partial charge in [-0.15, -0.1) is 0 Å². The summed E-state index contributed by atoms with van der Waals surface area (Å²) in [4.78, 5) is 10.4. The van der Waals surface area contributed by atoms with Gasteiger partial charge in [0, 0.05) is 42.3 Å². The van der Waals surface area contributed by atoms with Crippen LogP contribution in [0.4, 0.5) is 31.9 Å². The fourth-order valence-electron chi connectivity index (χ4n) is 4.78. The highest BCUT2D eigenvalue weighted by Crippen LogP contribution is 2.32. The zero-order valence-electron chi connectivity index (χ0n) is 21.6. The first-order valence-corrected chi connectivity index (χ1v) is 14.1. The second kappa shape index (κ2) is 10.3. The van der Waals surface area contributed by atoms with E-state index in [4.69, 9.17) is 16.2 Å². The number of nitrogens with two attached hydrogens (primary N) is 2. The van der Waals surface area contributed by atoms with Gasteiger partial charge in [0.05, 0.1) is 29.9 Å². The summed E-state index contributed by atoms with van der Waals surface area (Å²) in [5, 5.41) is 0. The Kier molecular flexibility index (Phi) is 6.67. The molecule has 0 aliphatic carbocycles. The summed E-state index contributed by atoms with van der Waals surface area (Å²) >= 11 is 0. The molecule has 1 aliphatic heterocycles. The molecule has 0 bridgehead atoms. The monoisotopic (exact) mass is 577 g/mol. The van der Waals surface area contributed by atoms with Gasteiger partial charge in [-0.1, -0.05) is 6.07 Å². The number of pyridine rings is 1. The number of hydrogen-bond donors (Lipinski definition) is 3. The molecule has 1 saturated heterocycles. The summed E-state index contributed by atoms with van der Waals surface area (Å²) in [7, 11) is -4.36. The van der Waals surface area contributed by atoms with Crippen molar-refractivity contribution < 1.29 is 21.9 Å². The summed E-state index contributed by atoms with van der Waals surface area (Å²) in [6.45, 7) is 3.01. The Morgan fingerprint density at radius 1 is 0.878 bits per heavy atom. The molecule has 0 atom stereocenters. The summed E-state index contributed by atoms with van der Waals surface area (Å²) < 4.78 is 63.0. The minimum atomic E-state index is -4.36. The lowest BCUT2D eigenvalue weighted by molar-refractivity contribution is 0.122. The van der Waals surface area contributed by atoms with Crippen molar-refractivity contribution in [2.75, 3.05) is 47.4 Å². The van der Waals surface area contributed by atoms with E-state index >= 15 is 0 Å². The van der Waals surface area contributed by atoms with Gasteiger partial charge in [0.1, 0.15) is 22.3 Å². The number of imidazole rings is 1. The third-order valence-electron chi connectivity index (χ3n) is 6.84. The number of hydrogen-bond acceptors (Lipinski definition) is 8. The lowest BCUT2D eigenvalue weighted by Gasteiger charge is -2.29. The molecule has 3 aromatic carbocycles. The van der Waals surface area contributed by atoms with E-state index in [1.54, 1.807) is 12.1 Å². The van der Waals surface area contributed by atoms with Crippen molar-refractivity contribution in [1.29, 1.82) is 0 Å². The zero-order chi connectivity index (χ0) is 28.7. The molecule has 1 fully saturated rings. The van der Waals surface area contributed by atoms with E-state index in [9.17, 15) is 17.2 Å². The topological polar surface area (TPSA) is 141 Å². The van der Waals surface area contributed by atoms with Crippen LogP contribution in [0.25, 0.3) is 27.8 Å². The zero-order valence-corrected chi connectivity index (χ0v) is 22.4. The van der Waals surface area contributed by atoms with Gasteiger partial charge < -0.3 is 21.1 Å². The molecule has 10 nitrogen and oxygen atoms in total. The molecule has 6 rings (SSSR count). The highest BCUT2D eigenvalue weighted by atomic mass is 32.2. The normalized spacial score (nSPS) is 14.0. The quantitative estimate of drug-likeness (QED) is 0.273. The summed E-state index contributed by atoms with van der Waals surface area (Å²) in [5.41, 5.74) is 16.1. The molecule has 41 heavy (non-hydrogen) atoms.